The summed E-state index contributed by atoms with van der Waals surface area (Å²) in [5.74, 6) is 0.981. The standard InChI is InChI=1S/C18H18FN5O/c19-14-2-3-16-15(10-14)17(23-12-22-16)24-8-4-13(5-9-24)11-25-18-20-6-1-7-21-18/h1-3,6-7,10,12-13H,4-5,8-9,11H2. The van der Waals surface area contributed by atoms with Crippen LogP contribution >= 0.6 is 0 Å². The molecule has 0 N–H and O–H groups in total. The third kappa shape index (κ3) is 3.50. The predicted octanol–water partition coefficient (Wildman–Crippen LogP) is 2.85. The van der Waals surface area contributed by atoms with E-state index in [1.165, 1.54) is 18.5 Å². The van der Waals surface area contributed by atoms with Crippen molar-refractivity contribution in [2.24, 2.45) is 5.92 Å². The molecule has 1 aromatic carbocycles. The highest BCUT2D eigenvalue weighted by Gasteiger charge is 2.22. The molecule has 1 fully saturated rings. The van der Waals surface area contributed by atoms with Gasteiger partial charge in [0.1, 0.15) is 18.0 Å². The lowest BCUT2D eigenvalue weighted by Crippen LogP contribution is -2.36. The topological polar surface area (TPSA) is 64.0 Å². The first-order valence-corrected chi connectivity index (χ1v) is 8.34. The number of ether oxygens (including phenoxy) is 1. The molecule has 7 heteroatoms. The average molecular weight is 339 g/mol. The van der Waals surface area contributed by atoms with E-state index in [4.69, 9.17) is 4.74 Å². The lowest BCUT2D eigenvalue weighted by atomic mass is 9.97. The third-order valence-corrected chi connectivity index (χ3v) is 4.48. The Morgan fingerprint density at radius 3 is 2.68 bits per heavy atom. The number of rotatable bonds is 4. The van der Waals surface area contributed by atoms with Gasteiger partial charge in [-0.05, 0) is 43.0 Å². The van der Waals surface area contributed by atoms with Gasteiger partial charge in [-0.2, -0.15) is 0 Å². The van der Waals surface area contributed by atoms with Crippen molar-refractivity contribution >= 4 is 16.7 Å². The van der Waals surface area contributed by atoms with E-state index in [0.717, 1.165) is 42.7 Å². The maximum Gasteiger partial charge on any atom is 0.316 e. The van der Waals surface area contributed by atoms with Crippen molar-refractivity contribution in [2.75, 3.05) is 24.6 Å². The fraction of sp³-hybridized carbons (Fsp3) is 0.333. The van der Waals surface area contributed by atoms with Gasteiger partial charge in [-0.3, -0.25) is 0 Å². The fourth-order valence-corrected chi connectivity index (χ4v) is 3.13. The first-order valence-electron chi connectivity index (χ1n) is 8.34. The first kappa shape index (κ1) is 15.7. The molecule has 0 radical (unpaired) electrons. The van der Waals surface area contributed by atoms with Gasteiger partial charge in [-0.15, -0.1) is 0 Å². The first-order chi connectivity index (χ1) is 12.3. The highest BCUT2D eigenvalue weighted by Crippen LogP contribution is 2.28. The van der Waals surface area contributed by atoms with Crippen LogP contribution in [0.1, 0.15) is 12.8 Å². The second-order valence-electron chi connectivity index (χ2n) is 6.13. The van der Waals surface area contributed by atoms with E-state index < -0.39 is 0 Å². The molecule has 3 heterocycles. The molecule has 0 amide bonds. The summed E-state index contributed by atoms with van der Waals surface area (Å²) in [4.78, 5) is 18.9. The van der Waals surface area contributed by atoms with Crippen LogP contribution in [0, 0.1) is 11.7 Å². The van der Waals surface area contributed by atoms with Crippen molar-refractivity contribution in [3.8, 4) is 6.01 Å². The van der Waals surface area contributed by atoms with Crippen LogP contribution in [0.2, 0.25) is 0 Å². The molecule has 6 nitrogen and oxygen atoms in total. The van der Waals surface area contributed by atoms with Crippen LogP contribution < -0.4 is 9.64 Å². The van der Waals surface area contributed by atoms with E-state index in [1.54, 1.807) is 24.5 Å². The summed E-state index contributed by atoms with van der Waals surface area (Å²) in [6.45, 7) is 2.32. The number of hydrogen-bond donors (Lipinski definition) is 0. The van der Waals surface area contributed by atoms with Crippen LogP contribution in [-0.2, 0) is 0 Å². The van der Waals surface area contributed by atoms with Gasteiger partial charge in [-0.25, -0.2) is 24.3 Å². The molecule has 1 aliphatic heterocycles. The maximum absolute atomic E-state index is 13.6. The van der Waals surface area contributed by atoms with Crippen molar-refractivity contribution in [3.05, 3.63) is 48.8 Å². The van der Waals surface area contributed by atoms with Gasteiger partial charge < -0.3 is 9.64 Å². The van der Waals surface area contributed by atoms with Crippen molar-refractivity contribution in [3.63, 3.8) is 0 Å². The summed E-state index contributed by atoms with van der Waals surface area (Å²) in [5.41, 5.74) is 0.762. The largest absolute Gasteiger partial charge is 0.463 e. The molecule has 4 rings (SSSR count). The number of piperidine rings is 1. The van der Waals surface area contributed by atoms with Crippen LogP contribution in [0.5, 0.6) is 6.01 Å². The molecule has 0 aliphatic carbocycles. The van der Waals surface area contributed by atoms with Gasteiger partial charge in [0.15, 0.2) is 0 Å². The molecule has 0 unspecified atom stereocenters. The Labute approximate surface area is 144 Å². The van der Waals surface area contributed by atoms with Gasteiger partial charge in [0, 0.05) is 30.9 Å². The van der Waals surface area contributed by atoms with Gasteiger partial charge >= 0.3 is 6.01 Å². The van der Waals surface area contributed by atoms with Crippen LogP contribution in [0.3, 0.4) is 0 Å². The second-order valence-corrected chi connectivity index (χ2v) is 6.13. The van der Waals surface area contributed by atoms with Crippen LogP contribution in [-0.4, -0.2) is 39.6 Å². The molecule has 128 valence electrons. The van der Waals surface area contributed by atoms with Gasteiger partial charge in [0.2, 0.25) is 0 Å². The molecule has 0 bridgehead atoms. The molecule has 0 atom stereocenters. The zero-order valence-corrected chi connectivity index (χ0v) is 13.7. The highest BCUT2D eigenvalue weighted by molar-refractivity contribution is 5.89. The zero-order valence-electron chi connectivity index (χ0n) is 13.7. The average Bonchev–Trinajstić information content (AvgIpc) is 2.67. The third-order valence-electron chi connectivity index (χ3n) is 4.48. The van der Waals surface area contributed by atoms with E-state index in [-0.39, 0.29) is 5.82 Å². The summed E-state index contributed by atoms with van der Waals surface area (Å²) in [5, 5.41) is 0.759. The summed E-state index contributed by atoms with van der Waals surface area (Å²) >= 11 is 0. The molecule has 2 aromatic heterocycles. The molecule has 1 saturated heterocycles. The highest BCUT2D eigenvalue weighted by atomic mass is 19.1. The Hall–Kier alpha value is -2.83. The normalized spacial score (nSPS) is 15.5. The minimum atomic E-state index is -0.269. The van der Waals surface area contributed by atoms with Gasteiger partial charge in [0.25, 0.3) is 0 Å². The van der Waals surface area contributed by atoms with E-state index in [1.807, 2.05) is 0 Å². The van der Waals surface area contributed by atoms with Crippen molar-refractivity contribution in [2.45, 2.75) is 12.8 Å². The number of nitrogens with zero attached hydrogens (tertiary/aromatic N) is 5. The smallest absolute Gasteiger partial charge is 0.316 e. The van der Waals surface area contributed by atoms with Gasteiger partial charge in [0.05, 0.1) is 12.1 Å². The van der Waals surface area contributed by atoms with Gasteiger partial charge in [-0.1, -0.05) is 0 Å². The van der Waals surface area contributed by atoms with Crippen molar-refractivity contribution in [1.29, 1.82) is 0 Å². The Kier molecular flexibility index (Phi) is 4.37. The van der Waals surface area contributed by atoms with E-state index in [0.29, 0.717) is 18.5 Å². The quantitative estimate of drug-likeness (QED) is 0.728. The van der Waals surface area contributed by atoms with Crippen LogP contribution in [0.25, 0.3) is 10.9 Å². The monoisotopic (exact) mass is 339 g/mol. The number of anilines is 1. The minimum Gasteiger partial charge on any atom is -0.463 e. The Morgan fingerprint density at radius 2 is 1.88 bits per heavy atom. The molecule has 3 aromatic rings. The Morgan fingerprint density at radius 1 is 1.08 bits per heavy atom. The number of benzene rings is 1. The number of fused-ring (bicyclic) bond motifs is 1. The molecular formula is C18H18FN5O. The Bertz CT molecular complexity index is 852. The number of hydrogen-bond acceptors (Lipinski definition) is 6. The molecule has 25 heavy (non-hydrogen) atoms. The number of halogens is 1. The summed E-state index contributed by atoms with van der Waals surface area (Å²) < 4.78 is 19.3. The fourth-order valence-electron chi connectivity index (χ4n) is 3.13. The maximum atomic E-state index is 13.6. The lowest BCUT2D eigenvalue weighted by Gasteiger charge is -2.33. The van der Waals surface area contributed by atoms with Crippen LogP contribution in [0.15, 0.2) is 43.0 Å². The SMILES string of the molecule is Fc1ccc2ncnc(N3CCC(COc4ncccn4)CC3)c2c1. The molecule has 1 aliphatic rings. The number of aromatic nitrogens is 4. The summed E-state index contributed by atoms with van der Waals surface area (Å²) in [6.07, 6.45) is 6.84. The lowest BCUT2D eigenvalue weighted by molar-refractivity contribution is 0.208. The Balaban J connectivity index is 1.41. The minimum absolute atomic E-state index is 0.269. The van der Waals surface area contributed by atoms with E-state index >= 15 is 0 Å². The van der Waals surface area contributed by atoms with Crippen LogP contribution in [0.4, 0.5) is 10.2 Å². The van der Waals surface area contributed by atoms with Crippen molar-refractivity contribution < 1.29 is 9.13 Å². The zero-order chi connectivity index (χ0) is 17.1. The van der Waals surface area contributed by atoms with E-state index in [9.17, 15) is 4.39 Å². The van der Waals surface area contributed by atoms with Crippen molar-refractivity contribution in [1.82, 2.24) is 19.9 Å². The summed E-state index contributed by atoms with van der Waals surface area (Å²) in [7, 11) is 0. The molecular weight excluding hydrogens is 321 g/mol. The van der Waals surface area contributed by atoms with E-state index in [2.05, 4.69) is 24.8 Å². The molecule has 0 saturated carbocycles. The summed E-state index contributed by atoms with van der Waals surface area (Å²) in [6, 6.07) is 6.81. The second kappa shape index (κ2) is 6.96. The predicted molar refractivity (Wildman–Crippen MR) is 92.0 cm³/mol. The molecule has 0 spiro atoms.